The van der Waals surface area contributed by atoms with Gasteiger partial charge in [0.2, 0.25) is 0 Å². The number of anilines is 1. The lowest BCUT2D eigenvalue weighted by Gasteiger charge is -2.07. The maximum absolute atomic E-state index is 12.4. The van der Waals surface area contributed by atoms with Crippen molar-refractivity contribution < 1.29 is 8.78 Å². The summed E-state index contributed by atoms with van der Waals surface area (Å²) in [7, 11) is 0. The van der Waals surface area contributed by atoms with Gasteiger partial charge in [0.25, 0.3) is 6.43 Å². The molecule has 0 aliphatic rings. The van der Waals surface area contributed by atoms with E-state index in [2.05, 4.69) is 20.9 Å². The van der Waals surface area contributed by atoms with E-state index in [4.69, 9.17) is 5.73 Å². The number of halogens is 4. The number of rotatable bonds is 2. The van der Waals surface area contributed by atoms with Crippen molar-refractivity contribution in [3.05, 3.63) is 20.9 Å². The molecule has 0 saturated heterocycles. The van der Waals surface area contributed by atoms with Crippen molar-refractivity contribution in [1.29, 1.82) is 0 Å². The number of nitrogen functional groups attached to an aromatic ring is 1. The fourth-order valence-electron chi connectivity index (χ4n) is 0.869. The second kappa shape index (κ2) is 4.50. The van der Waals surface area contributed by atoms with E-state index in [-0.39, 0.29) is 11.5 Å². The third-order valence-electron chi connectivity index (χ3n) is 1.43. The molecule has 0 radical (unpaired) electrons. The topological polar surface area (TPSA) is 38.9 Å². The normalized spacial score (nSPS) is 10.8. The van der Waals surface area contributed by atoms with Crippen molar-refractivity contribution in [3.8, 4) is 0 Å². The molecule has 1 rings (SSSR count). The van der Waals surface area contributed by atoms with Gasteiger partial charge in [0, 0.05) is 8.90 Å². The van der Waals surface area contributed by atoms with E-state index >= 15 is 0 Å². The molecule has 1 aromatic heterocycles. The van der Waals surface area contributed by atoms with Gasteiger partial charge in [-0.2, -0.15) is 0 Å². The lowest BCUT2D eigenvalue weighted by atomic mass is 10.2. The molecule has 2 nitrogen and oxygen atoms in total. The monoisotopic (exact) mass is 362 g/mol. The second-order valence-corrected chi connectivity index (χ2v) is 3.98. The highest BCUT2D eigenvalue weighted by Gasteiger charge is 2.16. The van der Waals surface area contributed by atoms with Crippen LogP contribution in [0.15, 0.2) is 6.07 Å². The lowest BCUT2D eigenvalue weighted by molar-refractivity contribution is 0.145. The van der Waals surface area contributed by atoms with Gasteiger partial charge in [0.1, 0.15) is 11.5 Å². The van der Waals surface area contributed by atoms with Gasteiger partial charge in [-0.05, 0) is 34.2 Å². The Morgan fingerprint density at radius 1 is 1.62 bits per heavy atom. The Labute approximate surface area is 96.2 Å². The van der Waals surface area contributed by atoms with Crippen molar-refractivity contribution in [1.82, 2.24) is 4.98 Å². The number of nitrogens with zero attached hydrogens (tertiary/aromatic N) is 1. The van der Waals surface area contributed by atoms with Crippen molar-refractivity contribution >= 4 is 44.3 Å². The molecule has 1 heterocycles. The molecule has 0 fully saturated rings. The molecule has 2 N–H and O–H groups in total. The standard InChI is InChI=1S/C7H6BrF2IN2/c8-2-3-1-4(12)13-6(5(3)11)7(9)10/h1,7H,2H2,(H2,12,13). The Morgan fingerprint density at radius 2 is 2.23 bits per heavy atom. The third kappa shape index (κ3) is 2.49. The maximum Gasteiger partial charge on any atom is 0.281 e. The smallest absolute Gasteiger partial charge is 0.281 e. The van der Waals surface area contributed by atoms with E-state index in [1.807, 2.05) is 22.6 Å². The molecule has 0 aliphatic heterocycles. The molecule has 0 bridgehead atoms. The van der Waals surface area contributed by atoms with Gasteiger partial charge in [-0.3, -0.25) is 0 Å². The maximum atomic E-state index is 12.4. The van der Waals surface area contributed by atoms with Crippen LogP contribution in [0.1, 0.15) is 17.7 Å². The summed E-state index contributed by atoms with van der Waals surface area (Å²) >= 11 is 5.04. The van der Waals surface area contributed by atoms with Gasteiger partial charge >= 0.3 is 0 Å². The summed E-state index contributed by atoms with van der Waals surface area (Å²) in [6.07, 6.45) is -2.58. The molecule has 0 aliphatic carbocycles. The minimum absolute atomic E-state index is 0.130. The minimum Gasteiger partial charge on any atom is -0.384 e. The molecule has 0 atom stereocenters. The first-order chi connectivity index (χ1) is 6.06. The second-order valence-electron chi connectivity index (χ2n) is 2.34. The fourth-order valence-corrected chi connectivity index (χ4v) is 2.54. The van der Waals surface area contributed by atoms with E-state index in [1.165, 1.54) is 0 Å². The number of hydrogen-bond acceptors (Lipinski definition) is 2. The van der Waals surface area contributed by atoms with E-state index in [9.17, 15) is 8.78 Å². The van der Waals surface area contributed by atoms with E-state index in [0.29, 0.717) is 8.90 Å². The van der Waals surface area contributed by atoms with Crippen LogP contribution in [0.3, 0.4) is 0 Å². The zero-order valence-electron chi connectivity index (χ0n) is 6.40. The Kier molecular flexibility index (Phi) is 3.84. The molecule has 0 amide bonds. The van der Waals surface area contributed by atoms with Crippen LogP contribution < -0.4 is 5.73 Å². The number of aromatic nitrogens is 1. The van der Waals surface area contributed by atoms with Crippen LogP contribution in [-0.4, -0.2) is 4.98 Å². The number of pyridine rings is 1. The quantitative estimate of drug-likeness (QED) is 0.648. The lowest BCUT2D eigenvalue weighted by Crippen LogP contribution is -2.02. The highest BCUT2D eigenvalue weighted by molar-refractivity contribution is 14.1. The molecule has 72 valence electrons. The molecule has 0 unspecified atom stereocenters. The zero-order valence-corrected chi connectivity index (χ0v) is 10.1. The van der Waals surface area contributed by atoms with Gasteiger partial charge in [0.05, 0.1) is 0 Å². The summed E-state index contributed by atoms with van der Waals surface area (Å²) in [5.41, 5.74) is 5.87. The van der Waals surface area contributed by atoms with Crippen molar-refractivity contribution in [2.75, 3.05) is 5.73 Å². The highest BCUT2D eigenvalue weighted by atomic mass is 127. The largest absolute Gasteiger partial charge is 0.384 e. The van der Waals surface area contributed by atoms with E-state index in [0.717, 1.165) is 5.56 Å². The van der Waals surface area contributed by atoms with Crippen LogP contribution in [0.2, 0.25) is 0 Å². The molecule has 13 heavy (non-hydrogen) atoms. The first-order valence-corrected chi connectivity index (χ1v) is 5.55. The first-order valence-electron chi connectivity index (χ1n) is 3.35. The van der Waals surface area contributed by atoms with Gasteiger partial charge in [0.15, 0.2) is 0 Å². The van der Waals surface area contributed by atoms with E-state index < -0.39 is 6.43 Å². The number of hydrogen-bond donors (Lipinski definition) is 1. The summed E-state index contributed by atoms with van der Waals surface area (Å²) in [5, 5.41) is 0.498. The average Bonchev–Trinajstić information content (AvgIpc) is 2.08. The van der Waals surface area contributed by atoms with Crippen molar-refractivity contribution in [2.24, 2.45) is 0 Å². The van der Waals surface area contributed by atoms with Crippen molar-refractivity contribution in [2.45, 2.75) is 11.8 Å². The fraction of sp³-hybridized carbons (Fsp3) is 0.286. The predicted octanol–water partition coefficient (Wildman–Crippen LogP) is 3.10. The summed E-state index contributed by atoms with van der Waals surface area (Å²) in [6.45, 7) is 0. The van der Waals surface area contributed by atoms with Gasteiger partial charge in [-0.1, -0.05) is 15.9 Å². The summed E-state index contributed by atoms with van der Waals surface area (Å²) < 4.78 is 25.2. The van der Waals surface area contributed by atoms with E-state index in [1.54, 1.807) is 6.07 Å². The van der Waals surface area contributed by atoms with Gasteiger partial charge in [-0.25, -0.2) is 13.8 Å². The average molecular weight is 363 g/mol. The van der Waals surface area contributed by atoms with Crippen LogP contribution in [0.5, 0.6) is 0 Å². The molecule has 0 saturated carbocycles. The summed E-state index contributed by atoms with van der Waals surface area (Å²) in [6, 6.07) is 1.59. The molecular formula is C7H6BrF2IN2. The predicted molar refractivity (Wildman–Crippen MR) is 59.0 cm³/mol. The Hall–Kier alpha value is 0.0200. The SMILES string of the molecule is Nc1cc(CBr)c(I)c(C(F)F)n1. The third-order valence-corrected chi connectivity index (χ3v) is 3.28. The Morgan fingerprint density at radius 3 is 2.69 bits per heavy atom. The van der Waals surface area contributed by atoms with Gasteiger partial charge < -0.3 is 5.73 Å². The first kappa shape index (κ1) is 11.1. The van der Waals surface area contributed by atoms with Crippen LogP contribution in [-0.2, 0) is 5.33 Å². The van der Waals surface area contributed by atoms with Crippen LogP contribution >= 0.6 is 38.5 Å². The Balaban J connectivity index is 3.27. The zero-order chi connectivity index (χ0) is 10.0. The summed E-state index contributed by atoms with van der Waals surface area (Å²) in [4.78, 5) is 3.58. The molecule has 0 spiro atoms. The highest BCUT2D eigenvalue weighted by Crippen LogP contribution is 2.27. The van der Waals surface area contributed by atoms with Crippen LogP contribution in [0.25, 0.3) is 0 Å². The number of alkyl halides is 3. The summed E-state index contributed by atoms with van der Waals surface area (Å²) in [5.74, 6) is 0.130. The van der Waals surface area contributed by atoms with Crippen molar-refractivity contribution in [3.63, 3.8) is 0 Å². The molecular weight excluding hydrogens is 357 g/mol. The van der Waals surface area contributed by atoms with Crippen LogP contribution in [0, 0.1) is 3.57 Å². The molecule has 1 aromatic rings. The Bertz CT molecular complexity index is 320. The minimum atomic E-state index is -2.58. The number of nitrogens with two attached hydrogens (primary N) is 1. The van der Waals surface area contributed by atoms with Crippen LogP contribution in [0.4, 0.5) is 14.6 Å². The van der Waals surface area contributed by atoms with Gasteiger partial charge in [-0.15, -0.1) is 0 Å². The molecule has 6 heteroatoms. The molecule has 0 aromatic carbocycles.